The van der Waals surface area contributed by atoms with Gasteiger partial charge in [0.1, 0.15) is 0 Å². The Balaban J connectivity index is 2.22. The fraction of sp³-hybridized carbons (Fsp3) is 0.375. The summed E-state index contributed by atoms with van der Waals surface area (Å²) in [6.45, 7) is 9.97. The first-order valence-corrected chi connectivity index (χ1v) is 6.64. The molecule has 1 aromatic heterocycles. The number of benzene rings is 1. The number of nitrogens with zero attached hydrogens (tertiary/aromatic N) is 1. The third-order valence-corrected chi connectivity index (χ3v) is 3.22. The van der Waals surface area contributed by atoms with Crippen molar-refractivity contribution in [1.29, 1.82) is 0 Å². The van der Waals surface area contributed by atoms with Gasteiger partial charge >= 0.3 is 0 Å². The van der Waals surface area contributed by atoms with Crippen LogP contribution in [-0.2, 0) is 5.41 Å². The zero-order valence-corrected chi connectivity index (χ0v) is 12.6. The molecule has 20 heavy (non-hydrogen) atoms. The number of carbonyl (C=O) groups excluding carboxylic acids is 1. The highest BCUT2D eigenvalue weighted by molar-refractivity contribution is 6.05. The summed E-state index contributed by atoms with van der Waals surface area (Å²) in [6.07, 6.45) is 0. The first kappa shape index (κ1) is 14.3. The minimum absolute atomic E-state index is 0.106. The van der Waals surface area contributed by atoms with Crippen LogP contribution < -0.4 is 5.32 Å². The number of aryl methyl sites for hydroxylation is 2. The minimum atomic E-state index is -0.169. The van der Waals surface area contributed by atoms with Gasteiger partial charge in [-0.1, -0.05) is 44.1 Å². The molecular formula is C16H20N2O2. The molecule has 2 aromatic rings. The van der Waals surface area contributed by atoms with Gasteiger partial charge < -0.3 is 4.52 Å². The Hall–Kier alpha value is -2.10. The Labute approximate surface area is 119 Å². The Morgan fingerprint density at radius 3 is 2.30 bits per heavy atom. The predicted molar refractivity (Wildman–Crippen MR) is 79.1 cm³/mol. The third-order valence-electron chi connectivity index (χ3n) is 3.22. The Bertz CT molecular complexity index is 616. The van der Waals surface area contributed by atoms with E-state index in [9.17, 15) is 4.79 Å². The molecule has 0 radical (unpaired) electrons. The average molecular weight is 272 g/mol. The zero-order valence-electron chi connectivity index (χ0n) is 12.6. The topological polar surface area (TPSA) is 55.1 Å². The van der Waals surface area contributed by atoms with Crippen molar-refractivity contribution in [2.24, 2.45) is 0 Å². The first-order chi connectivity index (χ1) is 9.29. The summed E-state index contributed by atoms with van der Waals surface area (Å²) in [4.78, 5) is 12.3. The third kappa shape index (κ3) is 2.90. The van der Waals surface area contributed by atoms with Crippen molar-refractivity contribution in [3.63, 3.8) is 0 Å². The molecule has 0 aliphatic carbocycles. The Kier molecular flexibility index (Phi) is 3.66. The second-order valence-electron chi connectivity index (χ2n) is 6.05. The highest BCUT2D eigenvalue weighted by Gasteiger charge is 2.20. The normalized spacial score (nSPS) is 11.4. The van der Waals surface area contributed by atoms with Gasteiger partial charge in [0.15, 0.2) is 0 Å². The first-order valence-electron chi connectivity index (χ1n) is 6.64. The van der Waals surface area contributed by atoms with E-state index in [0.29, 0.717) is 11.4 Å². The molecule has 1 N–H and O–H groups in total. The van der Waals surface area contributed by atoms with Crippen molar-refractivity contribution in [1.82, 2.24) is 5.16 Å². The highest BCUT2D eigenvalue weighted by atomic mass is 16.5. The van der Waals surface area contributed by atoms with Gasteiger partial charge in [0.25, 0.3) is 5.91 Å². The van der Waals surface area contributed by atoms with Crippen LogP contribution in [-0.4, -0.2) is 11.1 Å². The Morgan fingerprint density at radius 1 is 1.20 bits per heavy atom. The maximum absolute atomic E-state index is 12.3. The predicted octanol–water partition coefficient (Wildman–Crippen LogP) is 3.84. The summed E-state index contributed by atoms with van der Waals surface area (Å²) in [5, 5.41) is 6.75. The van der Waals surface area contributed by atoms with Gasteiger partial charge in [-0.3, -0.25) is 10.1 Å². The molecule has 0 spiro atoms. The largest absolute Gasteiger partial charge is 0.338 e. The van der Waals surface area contributed by atoms with E-state index >= 15 is 0 Å². The van der Waals surface area contributed by atoms with Crippen molar-refractivity contribution in [2.45, 2.75) is 40.0 Å². The van der Waals surface area contributed by atoms with E-state index in [4.69, 9.17) is 4.52 Å². The van der Waals surface area contributed by atoms with Crippen molar-refractivity contribution in [2.75, 3.05) is 5.32 Å². The van der Waals surface area contributed by atoms with Gasteiger partial charge in [-0.15, -0.1) is 0 Å². The van der Waals surface area contributed by atoms with Crippen LogP contribution in [0, 0.1) is 13.8 Å². The molecule has 1 aromatic carbocycles. The number of anilines is 1. The van der Waals surface area contributed by atoms with Gasteiger partial charge in [-0.2, -0.15) is 0 Å². The molecule has 0 saturated carbocycles. The van der Waals surface area contributed by atoms with Gasteiger partial charge in [-0.25, -0.2) is 0 Å². The van der Waals surface area contributed by atoms with Crippen LogP contribution >= 0.6 is 0 Å². The molecule has 1 heterocycles. The minimum Gasteiger partial charge on any atom is -0.338 e. The van der Waals surface area contributed by atoms with Crippen molar-refractivity contribution >= 4 is 11.8 Å². The molecule has 0 bridgehead atoms. The van der Waals surface area contributed by atoms with Gasteiger partial charge in [0.2, 0.25) is 5.88 Å². The van der Waals surface area contributed by atoms with Gasteiger partial charge in [-0.05, 0) is 25.0 Å². The fourth-order valence-corrected chi connectivity index (χ4v) is 2.03. The summed E-state index contributed by atoms with van der Waals surface area (Å²) >= 11 is 0. The summed E-state index contributed by atoms with van der Waals surface area (Å²) < 4.78 is 5.18. The standard InChI is InChI=1S/C16H20N2O2/c1-10-7-6-8-11(2)14(10)15(19)17-13-9-12(18-20-13)16(3,4)5/h6-9H,1-5H3,(H,17,19). The van der Waals surface area contributed by atoms with E-state index in [1.165, 1.54) is 0 Å². The molecule has 0 saturated heterocycles. The maximum Gasteiger partial charge on any atom is 0.258 e. The Morgan fingerprint density at radius 2 is 1.80 bits per heavy atom. The number of hydrogen-bond donors (Lipinski definition) is 1. The number of nitrogens with one attached hydrogen (secondary N) is 1. The van der Waals surface area contributed by atoms with Crippen LogP contribution in [0.1, 0.15) is 48.0 Å². The van der Waals surface area contributed by atoms with Gasteiger partial charge in [0.05, 0.1) is 5.69 Å². The second kappa shape index (κ2) is 5.12. The smallest absolute Gasteiger partial charge is 0.258 e. The molecule has 2 rings (SSSR count). The fourth-order valence-electron chi connectivity index (χ4n) is 2.03. The zero-order chi connectivity index (χ0) is 14.9. The van der Waals surface area contributed by atoms with Crippen LogP contribution in [0.25, 0.3) is 0 Å². The van der Waals surface area contributed by atoms with Crippen LogP contribution in [0.2, 0.25) is 0 Å². The average Bonchev–Trinajstić information content (AvgIpc) is 2.76. The molecule has 0 aliphatic rings. The molecule has 0 aliphatic heterocycles. The van der Waals surface area contributed by atoms with E-state index in [2.05, 4.69) is 10.5 Å². The lowest BCUT2D eigenvalue weighted by molar-refractivity contribution is 0.102. The van der Waals surface area contributed by atoms with E-state index in [-0.39, 0.29) is 11.3 Å². The number of aromatic nitrogens is 1. The molecular weight excluding hydrogens is 252 g/mol. The van der Waals surface area contributed by atoms with E-state index < -0.39 is 0 Å². The number of hydrogen-bond acceptors (Lipinski definition) is 3. The van der Waals surface area contributed by atoms with Crippen LogP contribution in [0.4, 0.5) is 5.88 Å². The number of amides is 1. The van der Waals surface area contributed by atoms with Crippen molar-refractivity contribution in [3.05, 3.63) is 46.6 Å². The van der Waals surface area contributed by atoms with Crippen molar-refractivity contribution in [3.8, 4) is 0 Å². The molecule has 4 heteroatoms. The molecule has 0 fully saturated rings. The molecule has 4 nitrogen and oxygen atoms in total. The quantitative estimate of drug-likeness (QED) is 0.903. The second-order valence-corrected chi connectivity index (χ2v) is 6.05. The SMILES string of the molecule is Cc1cccc(C)c1C(=O)Nc1cc(C(C)(C)C)no1. The lowest BCUT2D eigenvalue weighted by Gasteiger charge is -2.12. The van der Waals surface area contributed by atoms with Crippen molar-refractivity contribution < 1.29 is 9.32 Å². The molecule has 1 amide bonds. The number of carbonyl (C=O) groups is 1. The lowest BCUT2D eigenvalue weighted by Crippen LogP contribution is -2.14. The van der Waals surface area contributed by atoms with E-state index in [1.54, 1.807) is 6.07 Å². The summed E-state index contributed by atoms with van der Waals surface area (Å²) in [5.74, 6) is 0.208. The van der Waals surface area contributed by atoms with Gasteiger partial charge in [0, 0.05) is 17.0 Å². The molecule has 0 atom stereocenters. The van der Waals surface area contributed by atoms with Crippen LogP contribution in [0.3, 0.4) is 0 Å². The molecule has 0 unspecified atom stereocenters. The summed E-state index contributed by atoms with van der Waals surface area (Å²) in [7, 11) is 0. The van der Waals surface area contributed by atoms with E-state index in [1.807, 2.05) is 52.8 Å². The molecule has 106 valence electrons. The highest BCUT2D eigenvalue weighted by Crippen LogP contribution is 2.24. The van der Waals surface area contributed by atoms with Crippen LogP contribution in [0.5, 0.6) is 0 Å². The summed E-state index contributed by atoms with van der Waals surface area (Å²) in [5.41, 5.74) is 3.28. The maximum atomic E-state index is 12.3. The number of rotatable bonds is 2. The lowest BCUT2D eigenvalue weighted by atomic mass is 9.92. The monoisotopic (exact) mass is 272 g/mol. The summed E-state index contributed by atoms with van der Waals surface area (Å²) in [6, 6.07) is 7.55. The van der Waals surface area contributed by atoms with Crippen LogP contribution in [0.15, 0.2) is 28.8 Å². The van der Waals surface area contributed by atoms with E-state index in [0.717, 1.165) is 16.8 Å².